The average molecular weight is 310 g/mol. The number of nitrogens with one attached hydrogen (secondary N) is 1. The number of hydrogen-bond acceptors (Lipinski definition) is 4. The zero-order valence-corrected chi connectivity index (χ0v) is 13.1. The largest absolute Gasteiger partial charge is 0.475 e. The highest BCUT2D eigenvalue weighted by Gasteiger charge is 2.07. The second kappa shape index (κ2) is 6.48. The molecular weight excluding hydrogens is 292 g/mol. The fourth-order valence-electron chi connectivity index (χ4n) is 2.16. The number of carbonyl (C=O) groups is 1. The number of nitrogens with zero attached hydrogens (tertiary/aromatic N) is 3. The van der Waals surface area contributed by atoms with Crippen LogP contribution >= 0.6 is 0 Å². The van der Waals surface area contributed by atoms with Gasteiger partial charge in [0.25, 0.3) is 5.91 Å². The van der Waals surface area contributed by atoms with E-state index in [0.717, 1.165) is 11.2 Å². The molecule has 1 N–H and O–H groups in total. The molecule has 23 heavy (non-hydrogen) atoms. The fraction of sp³-hybridized carbons (Fsp3) is 0.235. The molecule has 0 bridgehead atoms. The molecule has 0 aliphatic carbocycles. The molecule has 3 heterocycles. The second-order valence-electron chi connectivity index (χ2n) is 5.46. The third-order valence-electron chi connectivity index (χ3n) is 3.27. The van der Waals surface area contributed by atoms with Gasteiger partial charge in [-0.05, 0) is 31.5 Å². The molecule has 0 saturated heterocycles. The van der Waals surface area contributed by atoms with E-state index in [2.05, 4.69) is 15.3 Å². The van der Waals surface area contributed by atoms with Crippen molar-refractivity contribution >= 4 is 11.6 Å². The summed E-state index contributed by atoms with van der Waals surface area (Å²) in [5, 5.41) is 2.88. The number of pyridine rings is 2. The zero-order valence-electron chi connectivity index (χ0n) is 13.1. The maximum absolute atomic E-state index is 12.2. The lowest BCUT2D eigenvalue weighted by Gasteiger charge is -2.09. The van der Waals surface area contributed by atoms with Crippen LogP contribution < -0.4 is 10.1 Å². The van der Waals surface area contributed by atoms with E-state index in [0.29, 0.717) is 18.0 Å². The first-order valence-corrected chi connectivity index (χ1v) is 7.44. The van der Waals surface area contributed by atoms with E-state index in [1.165, 1.54) is 0 Å². The van der Waals surface area contributed by atoms with E-state index in [1.54, 1.807) is 30.6 Å². The number of rotatable bonds is 5. The lowest BCUT2D eigenvalue weighted by molar-refractivity contribution is 0.0951. The van der Waals surface area contributed by atoms with Crippen molar-refractivity contribution in [3.63, 3.8) is 0 Å². The summed E-state index contributed by atoms with van der Waals surface area (Å²) < 4.78 is 7.34. The molecule has 0 aliphatic heterocycles. The molecule has 0 aliphatic rings. The van der Waals surface area contributed by atoms with Crippen molar-refractivity contribution in [1.82, 2.24) is 19.7 Å². The molecule has 0 fully saturated rings. The lowest BCUT2D eigenvalue weighted by Crippen LogP contribution is -2.23. The molecular formula is C17H18N4O2. The number of aromatic nitrogens is 3. The Balaban J connectivity index is 1.61. The summed E-state index contributed by atoms with van der Waals surface area (Å²) in [6, 6.07) is 7.22. The van der Waals surface area contributed by atoms with Crippen molar-refractivity contribution in [1.29, 1.82) is 0 Å². The summed E-state index contributed by atoms with van der Waals surface area (Å²) in [7, 11) is 0. The lowest BCUT2D eigenvalue weighted by atomic mass is 10.2. The van der Waals surface area contributed by atoms with Crippen LogP contribution in [0, 0.1) is 0 Å². The van der Waals surface area contributed by atoms with Gasteiger partial charge in [-0.3, -0.25) is 4.79 Å². The van der Waals surface area contributed by atoms with Gasteiger partial charge in [0, 0.05) is 43.0 Å². The Morgan fingerprint density at radius 1 is 1.26 bits per heavy atom. The predicted octanol–water partition coefficient (Wildman–Crippen LogP) is 2.45. The first kappa shape index (κ1) is 15.0. The van der Waals surface area contributed by atoms with E-state index < -0.39 is 0 Å². The number of hydrogen-bond donors (Lipinski definition) is 1. The Bertz CT molecular complexity index is 809. The summed E-state index contributed by atoms with van der Waals surface area (Å²) in [6.45, 7) is 4.31. The highest BCUT2D eigenvalue weighted by atomic mass is 16.5. The number of fused-ring (bicyclic) bond motifs is 1. The molecule has 0 aromatic carbocycles. The Morgan fingerprint density at radius 2 is 2.13 bits per heavy atom. The molecule has 0 spiro atoms. The first-order valence-electron chi connectivity index (χ1n) is 7.44. The molecule has 3 rings (SSSR count). The third kappa shape index (κ3) is 3.66. The molecule has 0 radical (unpaired) electrons. The second-order valence-corrected chi connectivity index (χ2v) is 5.46. The Kier molecular flexibility index (Phi) is 4.23. The van der Waals surface area contributed by atoms with Gasteiger partial charge in [0.05, 0.1) is 6.10 Å². The van der Waals surface area contributed by atoms with Crippen molar-refractivity contribution in [2.24, 2.45) is 0 Å². The summed E-state index contributed by atoms with van der Waals surface area (Å²) in [4.78, 5) is 20.6. The topological polar surface area (TPSA) is 68.5 Å². The number of carbonyl (C=O) groups excluding carboxylic acids is 1. The van der Waals surface area contributed by atoms with Crippen LogP contribution in [-0.2, 0) is 6.54 Å². The summed E-state index contributed by atoms with van der Waals surface area (Å²) in [5.74, 6) is 0.442. The van der Waals surface area contributed by atoms with Crippen molar-refractivity contribution in [2.75, 3.05) is 0 Å². The van der Waals surface area contributed by atoms with E-state index in [1.807, 2.05) is 36.7 Å². The van der Waals surface area contributed by atoms with Gasteiger partial charge in [0.15, 0.2) is 0 Å². The molecule has 0 saturated carbocycles. The average Bonchev–Trinajstić information content (AvgIpc) is 3.01. The number of imidazole rings is 1. The molecule has 6 nitrogen and oxygen atoms in total. The maximum atomic E-state index is 12.2. The standard InChI is InChI=1S/C17H18N4O2/c1-12(2)23-16-4-3-13(10-19-16)11-20-17(22)14-5-7-21-8-6-18-15(21)9-14/h3-10,12H,11H2,1-2H3,(H,20,22). The van der Waals surface area contributed by atoms with Gasteiger partial charge in [-0.2, -0.15) is 0 Å². The van der Waals surface area contributed by atoms with Gasteiger partial charge in [0.2, 0.25) is 5.88 Å². The quantitative estimate of drug-likeness (QED) is 0.786. The highest BCUT2D eigenvalue weighted by Crippen LogP contribution is 2.10. The smallest absolute Gasteiger partial charge is 0.251 e. The Morgan fingerprint density at radius 3 is 2.87 bits per heavy atom. The molecule has 0 unspecified atom stereocenters. The predicted molar refractivity (Wildman–Crippen MR) is 86.4 cm³/mol. The van der Waals surface area contributed by atoms with Crippen molar-refractivity contribution in [3.05, 3.63) is 60.2 Å². The molecule has 6 heteroatoms. The molecule has 0 atom stereocenters. The maximum Gasteiger partial charge on any atom is 0.251 e. The van der Waals surface area contributed by atoms with E-state index >= 15 is 0 Å². The molecule has 1 amide bonds. The first-order chi connectivity index (χ1) is 11.1. The van der Waals surface area contributed by atoms with Crippen molar-refractivity contribution in [2.45, 2.75) is 26.5 Å². The van der Waals surface area contributed by atoms with Crippen molar-refractivity contribution < 1.29 is 9.53 Å². The van der Waals surface area contributed by atoms with Gasteiger partial charge in [-0.15, -0.1) is 0 Å². The van der Waals surface area contributed by atoms with Crippen LogP contribution in [-0.4, -0.2) is 26.4 Å². The van der Waals surface area contributed by atoms with E-state index in [9.17, 15) is 4.79 Å². The van der Waals surface area contributed by atoms with Crippen molar-refractivity contribution in [3.8, 4) is 5.88 Å². The Labute approximate surface area is 134 Å². The van der Waals surface area contributed by atoms with E-state index in [-0.39, 0.29) is 12.0 Å². The van der Waals surface area contributed by atoms with Crippen LogP contribution in [0.25, 0.3) is 5.65 Å². The van der Waals surface area contributed by atoms with Crippen LogP contribution in [0.5, 0.6) is 5.88 Å². The minimum absolute atomic E-state index is 0.0886. The molecule has 3 aromatic heterocycles. The minimum atomic E-state index is -0.141. The SMILES string of the molecule is CC(C)Oc1ccc(CNC(=O)c2ccn3ccnc3c2)cn1. The van der Waals surface area contributed by atoms with Gasteiger partial charge < -0.3 is 14.5 Å². The summed E-state index contributed by atoms with van der Waals surface area (Å²) in [6.07, 6.45) is 7.14. The summed E-state index contributed by atoms with van der Waals surface area (Å²) >= 11 is 0. The van der Waals surface area contributed by atoms with Gasteiger partial charge >= 0.3 is 0 Å². The van der Waals surface area contributed by atoms with Gasteiger partial charge in [-0.1, -0.05) is 6.07 Å². The van der Waals surface area contributed by atoms with Crippen LogP contribution in [0.2, 0.25) is 0 Å². The Hall–Kier alpha value is -2.89. The molecule has 118 valence electrons. The minimum Gasteiger partial charge on any atom is -0.475 e. The highest BCUT2D eigenvalue weighted by molar-refractivity contribution is 5.94. The van der Waals surface area contributed by atoms with E-state index in [4.69, 9.17) is 4.74 Å². The van der Waals surface area contributed by atoms with Crippen LogP contribution in [0.4, 0.5) is 0 Å². The number of amides is 1. The number of ether oxygens (including phenoxy) is 1. The van der Waals surface area contributed by atoms with Crippen LogP contribution in [0.3, 0.4) is 0 Å². The monoisotopic (exact) mass is 310 g/mol. The summed E-state index contributed by atoms with van der Waals surface area (Å²) in [5.41, 5.74) is 2.24. The third-order valence-corrected chi connectivity index (χ3v) is 3.27. The van der Waals surface area contributed by atoms with Gasteiger partial charge in [0.1, 0.15) is 5.65 Å². The van der Waals surface area contributed by atoms with Crippen LogP contribution in [0.1, 0.15) is 29.8 Å². The van der Waals surface area contributed by atoms with Gasteiger partial charge in [-0.25, -0.2) is 9.97 Å². The zero-order chi connectivity index (χ0) is 16.2. The van der Waals surface area contributed by atoms with Crippen LogP contribution in [0.15, 0.2) is 49.1 Å². The molecule has 3 aromatic rings. The normalized spacial score (nSPS) is 10.9. The fourth-order valence-corrected chi connectivity index (χ4v) is 2.16.